The number of carbonyl (C=O) groups is 1. The fraction of sp³-hybridized carbons (Fsp3) is 0.385. The lowest BCUT2D eigenvalue weighted by Crippen LogP contribution is -2.36. The first-order chi connectivity index (χ1) is 8.57. The zero-order valence-corrected chi connectivity index (χ0v) is 10.3. The monoisotopic (exact) mass is 249 g/mol. The summed E-state index contributed by atoms with van der Waals surface area (Å²) in [6.07, 6.45) is 0. The summed E-state index contributed by atoms with van der Waals surface area (Å²) in [5.74, 6) is -0.0802. The van der Waals surface area contributed by atoms with Crippen molar-refractivity contribution < 1.29 is 19.4 Å². The first-order valence-corrected chi connectivity index (χ1v) is 5.75. The van der Waals surface area contributed by atoms with Gasteiger partial charge >= 0.3 is 5.97 Å². The summed E-state index contributed by atoms with van der Waals surface area (Å²) < 4.78 is 10.3. The van der Waals surface area contributed by atoms with E-state index in [1.807, 2.05) is 0 Å². The number of nitrogens with zero attached hydrogens (tertiary/aromatic N) is 1. The average Bonchev–Trinajstić information content (AvgIpc) is 2.74. The Kier molecular flexibility index (Phi) is 3.23. The molecule has 1 aromatic carbocycles. The molecule has 0 bridgehead atoms. The van der Waals surface area contributed by atoms with Gasteiger partial charge in [-0.15, -0.1) is 0 Å². The molecule has 0 spiro atoms. The molecule has 0 radical (unpaired) electrons. The van der Waals surface area contributed by atoms with Crippen LogP contribution in [-0.2, 0) is 14.3 Å². The van der Waals surface area contributed by atoms with E-state index in [2.05, 4.69) is 4.99 Å². The number of phenolic OH excluding ortho intramolecular Hbond substituents is 1. The zero-order valence-electron chi connectivity index (χ0n) is 10.3. The van der Waals surface area contributed by atoms with Crippen LogP contribution in [0.1, 0.15) is 19.4 Å². The van der Waals surface area contributed by atoms with Crippen LogP contribution < -0.4 is 0 Å². The van der Waals surface area contributed by atoms with Gasteiger partial charge in [0.05, 0.1) is 12.2 Å². The Balaban J connectivity index is 2.28. The second-order valence-electron chi connectivity index (χ2n) is 4.22. The third-order valence-electron chi connectivity index (χ3n) is 2.69. The minimum Gasteiger partial charge on any atom is -0.507 e. The van der Waals surface area contributed by atoms with Gasteiger partial charge in [-0.25, -0.2) is 9.79 Å². The van der Waals surface area contributed by atoms with Gasteiger partial charge in [-0.3, -0.25) is 0 Å². The smallest absolute Gasteiger partial charge is 0.337 e. The normalized spacial score (nSPS) is 22.2. The number of rotatable bonds is 3. The predicted octanol–water partition coefficient (Wildman–Crippen LogP) is 1.49. The van der Waals surface area contributed by atoms with Crippen molar-refractivity contribution in [2.45, 2.75) is 19.4 Å². The summed E-state index contributed by atoms with van der Waals surface area (Å²) in [5, 5.41) is 9.71. The summed E-state index contributed by atoms with van der Waals surface area (Å²) >= 11 is 0. The van der Waals surface area contributed by atoms with Crippen LogP contribution in [0.25, 0.3) is 0 Å². The number of esters is 1. The van der Waals surface area contributed by atoms with Crippen molar-refractivity contribution in [2.24, 2.45) is 4.99 Å². The minimum atomic E-state index is -1.03. The molecule has 0 saturated carbocycles. The molecule has 1 N–H and O–H groups in total. The number of aliphatic imine (C=N–C) groups is 1. The van der Waals surface area contributed by atoms with Crippen molar-refractivity contribution in [1.82, 2.24) is 0 Å². The Morgan fingerprint density at radius 3 is 2.94 bits per heavy atom. The van der Waals surface area contributed by atoms with Gasteiger partial charge in [-0.2, -0.15) is 0 Å². The molecular formula is C13H15NO4. The van der Waals surface area contributed by atoms with Crippen molar-refractivity contribution in [2.75, 3.05) is 13.2 Å². The molecule has 1 aliphatic rings. The lowest BCUT2D eigenvalue weighted by molar-refractivity contribution is -0.149. The maximum atomic E-state index is 11.8. The highest BCUT2D eigenvalue weighted by molar-refractivity contribution is 6.00. The third-order valence-corrected chi connectivity index (χ3v) is 2.69. The summed E-state index contributed by atoms with van der Waals surface area (Å²) in [6, 6.07) is 6.70. The van der Waals surface area contributed by atoms with E-state index in [0.29, 0.717) is 12.2 Å². The van der Waals surface area contributed by atoms with E-state index in [-0.39, 0.29) is 18.3 Å². The van der Waals surface area contributed by atoms with Crippen LogP contribution in [0.15, 0.2) is 29.3 Å². The van der Waals surface area contributed by atoms with Gasteiger partial charge in [-0.1, -0.05) is 12.1 Å². The molecule has 1 unspecified atom stereocenters. The SMILES string of the molecule is CCOC(=O)C1(C)COC(c2ccccc2O)=N1. The third kappa shape index (κ3) is 2.16. The molecular weight excluding hydrogens is 234 g/mol. The number of phenols is 1. The van der Waals surface area contributed by atoms with Crippen molar-refractivity contribution in [3.8, 4) is 5.75 Å². The quantitative estimate of drug-likeness (QED) is 0.824. The zero-order chi connectivity index (χ0) is 13.2. The molecule has 0 amide bonds. The van der Waals surface area contributed by atoms with Gasteiger partial charge in [-0.05, 0) is 26.0 Å². The molecule has 0 aromatic heterocycles. The van der Waals surface area contributed by atoms with E-state index in [1.165, 1.54) is 0 Å². The van der Waals surface area contributed by atoms with E-state index in [4.69, 9.17) is 9.47 Å². The van der Waals surface area contributed by atoms with Crippen molar-refractivity contribution >= 4 is 11.9 Å². The number of hydrogen-bond donors (Lipinski definition) is 1. The van der Waals surface area contributed by atoms with Crippen molar-refractivity contribution in [3.63, 3.8) is 0 Å². The van der Waals surface area contributed by atoms with Crippen LogP contribution in [0.4, 0.5) is 0 Å². The first kappa shape index (κ1) is 12.4. The number of para-hydroxylation sites is 1. The molecule has 0 aliphatic carbocycles. The molecule has 5 nitrogen and oxygen atoms in total. The molecule has 18 heavy (non-hydrogen) atoms. The molecule has 1 heterocycles. The summed E-state index contributed by atoms with van der Waals surface area (Å²) in [6.45, 7) is 3.81. The Bertz CT molecular complexity index is 498. The van der Waals surface area contributed by atoms with Crippen LogP contribution >= 0.6 is 0 Å². The van der Waals surface area contributed by atoms with E-state index < -0.39 is 11.5 Å². The summed E-state index contributed by atoms with van der Waals surface area (Å²) in [7, 11) is 0. The number of aromatic hydroxyl groups is 1. The lowest BCUT2D eigenvalue weighted by Gasteiger charge is -2.15. The topological polar surface area (TPSA) is 68.1 Å². The van der Waals surface area contributed by atoms with E-state index >= 15 is 0 Å². The minimum absolute atomic E-state index is 0.0735. The fourth-order valence-electron chi connectivity index (χ4n) is 1.68. The van der Waals surface area contributed by atoms with Crippen molar-refractivity contribution in [3.05, 3.63) is 29.8 Å². The molecule has 1 aliphatic heterocycles. The largest absolute Gasteiger partial charge is 0.507 e. The second-order valence-corrected chi connectivity index (χ2v) is 4.22. The highest BCUT2D eigenvalue weighted by Crippen LogP contribution is 2.26. The maximum Gasteiger partial charge on any atom is 0.337 e. The molecule has 5 heteroatoms. The molecule has 1 aromatic rings. The summed E-state index contributed by atoms with van der Waals surface area (Å²) in [5.41, 5.74) is -0.557. The van der Waals surface area contributed by atoms with Gasteiger partial charge in [0.25, 0.3) is 0 Å². The average molecular weight is 249 g/mol. The maximum absolute atomic E-state index is 11.8. The van der Waals surface area contributed by atoms with Crippen LogP contribution in [-0.4, -0.2) is 35.7 Å². The molecule has 1 atom stereocenters. The standard InChI is InChI=1S/C13H15NO4/c1-3-17-12(16)13(2)8-18-11(14-13)9-6-4-5-7-10(9)15/h4-7,15H,3,8H2,1-2H3. The highest BCUT2D eigenvalue weighted by atomic mass is 16.5. The summed E-state index contributed by atoms with van der Waals surface area (Å²) in [4.78, 5) is 16.0. The Morgan fingerprint density at radius 2 is 2.28 bits per heavy atom. The number of benzene rings is 1. The predicted molar refractivity (Wildman–Crippen MR) is 65.6 cm³/mol. The van der Waals surface area contributed by atoms with Gasteiger partial charge in [0.15, 0.2) is 5.54 Å². The van der Waals surface area contributed by atoms with E-state index in [0.717, 1.165) is 0 Å². The van der Waals surface area contributed by atoms with Crippen LogP contribution in [0.2, 0.25) is 0 Å². The van der Waals surface area contributed by atoms with E-state index in [1.54, 1.807) is 38.1 Å². The molecule has 0 fully saturated rings. The molecule has 0 saturated heterocycles. The van der Waals surface area contributed by atoms with Gasteiger partial charge in [0, 0.05) is 0 Å². The number of ether oxygens (including phenoxy) is 2. The second kappa shape index (κ2) is 4.68. The Morgan fingerprint density at radius 1 is 1.56 bits per heavy atom. The van der Waals surface area contributed by atoms with Gasteiger partial charge in [0.1, 0.15) is 12.4 Å². The molecule has 2 rings (SSSR count). The first-order valence-electron chi connectivity index (χ1n) is 5.75. The highest BCUT2D eigenvalue weighted by Gasteiger charge is 2.41. The fourth-order valence-corrected chi connectivity index (χ4v) is 1.68. The van der Waals surface area contributed by atoms with Crippen LogP contribution in [0.3, 0.4) is 0 Å². The van der Waals surface area contributed by atoms with Gasteiger partial charge in [0.2, 0.25) is 5.90 Å². The van der Waals surface area contributed by atoms with Crippen LogP contribution in [0, 0.1) is 0 Å². The molecule has 96 valence electrons. The Hall–Kier alpha value is -2.04. The van der Waals surface area contributed by atoms with Gasteiger partial charge < -0.3 is 14.6 Å². The number of carbonyl (C=O) groups excluding carboxylic acids is 1. The Labute approximate surface area is 105 Å². The van der Waals surface area contributed by atoms with Crippen molar-refractivity contribution in [1.29, 1.82) is 0 Å². The van der Waals surface area contributed by atoms with E-state index in [9.17, 15) is 9.90 Å². The lowest BCUT2D eigenvalue weighted by atomic mass is 10.1. The van der Waals surface area contributed by atoms with Crippen LogP contribution in [0.5, 0.6) is 5.75 Å². The number of hydrogen-bond acceptors (Lipinski definition) is 5.